The van der Waals surface area contributed by atoms with Gasteiger partial charge in [0.2, 0.25) is 5.95 Å². The van der Waals surface area contributed by atoms with Gasteiger partial charge in [0, 0.05) is 18.4 Å². The molecule has 6 nitrogen and oxygen atoms in total. The van der Waals surface area contributed by atoms with Crippen LogP contribution in [0.1, 0.15) is 27.5 Å². The van der Waals surface area contributed by atoms with E-state index < -0.39 is 12.2 Å². The maximum Gasteiger partial charge on any atom is 0.407 e. The Morgan fingerprint density at radius 2 is 1.94 bits per heavy atom. The summed E-state index contributed by atoms with van der Waals surface area (Å²) in [6.07, 6.45) is -2.47. The SMILES string of the molecule is O=C1c2cnc(Nc3ccc4c(c3)CCNC4C(F)(F)F)nc2SCN1c1c(Cl)cccc1Cl. The number of carbonyl (C=O) groups excluding carboxylic acids is 1. The molecule has 1 unspecified atom stereocenters. The maximum absolute atomic E-state index is 13.3. The number of carbonyl (C=O) groups is 1. The molecule has 3 aromatic rings. The van der Waals surface area contributed by atoms with Crippen molar-refractivity contribution >= 4 is 58.2 Å². The van der Waals surface area contributed by atoms with Crippen LogP contribution < -0.4 is 15.5 Å². The molecule has 2 aromatic carbocycles. The summed E-state index contributed by atoms with van der Waals surface area (Å²) in [5.41, 5.74) is 2.13. The molecule has 2 aliphatic heterocycles. The van der Waals surface area contributed by atoms with Crippen LogP contribution in [0.2, 0.25) is 10.0 Å². The van der Waals surface area contributed by atoms with Gasteiger partial charge in [-0.05, 0) is 41.8 Å². The third kappa shape index (κ3) is 4.31. The van der Waals surface area contributed by atoms with E-state index in [2.05, 4.69) is 20.6 Å². The lowest BCUT2D eigenvalue weighted by Gasteiger charge is -2.29. The zero-order valence-electron chi connectivity index (χ0n) is 17.3. The van der Waals surface area contributed by atoms with E-state index >= 15 is 0 Å². The molecule has 1 amide bonds. The van der Waals surface area contributed by atoms with Gasteiger partial charge < -0.3 is 10.6 Å². The molecule has 1 atom stereocenters. The summed E-state index contributed by atoms with van der Waals surface area (Å²) in [6, 6.07) is 8.04. The highest BCUT2D eigenvalue weighted by molar-refractivity contribution is 7.99. The Morgan fingerprint density at radius 1 is 1.18 bits per heavy atom. The minimum atomic E-state index is -4.36. The lowest BCUT2D eigenvalue weighted by molar-refractivity contribution is -0.158. The van der Waals surface area contributed by atoms with Gasteiger partial charge in [-0.2, -0.15) is 13.2 Å². The number of para-hydroxylation sites is 1. The van der Waals surface area contributed by atoms with E-state index in [1.165, 1.54) is 28.9 Å². The largest absolute Gasteiger partial charge is 0.407 e. The lowest BCUT2D eigenvalue weighted by atomic mass is 9.93. The third-order valence-corrected chi connectivity index (χ3v) is 7.13. The number of benzene rings is 2. The zero-order chi connectivity index (χ0) is 24.0. The number of anilines is 3. The molecule has 176 valence electrons. The van der Waals surface area contributed by atoms with E-state index in [9.17, 15) is 18.0 Å². The van der Waals surface area contributed by atoms with Crippen LogP contribution in [0, 0.1) is 0 Å². The number of thioether (sulfide) groups is 1. The molecule has 3 heterocycles. The fourth-order valence-electron chi connectivity index (χ4n) is 3.99. The lowest BCUT2D eigenvalue weighted by Crippen LogP contribution is -2.39. The molecular weight excluding hydrogens is 510 g/mol. The van der Waals surface area contributed by atoms with E-state index in [0.717, 1.165) is 0 Å². The van der Waals surface area contributed by atoms with Crippen LogP contribution in [0.5, 0.6) is 0 Å². The van der Waals surface area contributed by atoms with Crippen molar-refractivity contribution in [3.63, 3.8) is 0 Å². The predicted molar refractivity (Wildman–Crippen MR) is 126 cm³/mol. The number of halogens is 5. The van der Waals surface area contributed by atoms with Gasteiger partial charge in [-0.25, -0.2) is 9.97 Å². The fourth-order valence-corrected chi connectivity index (χ4v) is 5.54. The number of hydrogen-bond donors (Lipinski definition) is 2. The van der Waals surface area contributed by atoms with Gasteiger partial charge >= 0.3 is 6.18 Å². The van der Waals surface area contributed by atoms with E-state index in [1.807, 2.05) is 0 Å². The Bertz CT molecular complexity index is 1270. The molecular formula is C22H16Cl2F3N5OS. The van der Waals surface area contributed by atoms with Crippen molar-refractivity contribution in [3.05, 3.63) is 69.3 Å². The first kappa shape index (κ1) is 23.2. The predicted octanol–water partition coefficient (Wildman–Crippen LogP) is 5.99. The Labute approximate surface area is 206 Å². The summed E-state index contributed by atoms with van der Waals surface area (Å²) in [5.74, 6) is 0.176. The molecule has 0 bridgehead atoms. The minimum absolute atomic E-state index is 0.218. The first-order valence-corrected chi connectivity index (χ1v) is 11.9. The smallest absolute Gasteiger partial charge is 0.324 e. The number of rotatable bonds is 3. The molecule has 0 spiro atoms. The summed E-state index contributed by atoms with van der Waals surface area (Å²) >= 11 is 13.8. The first-order valence-electron chi connectivity index (χ1n) is 10.2. The average Bonchev–Trinajstić information content (AvgIpc) is 2.79. The molecule has 5 rings (SSSR count). The second-order valence-corrected chi connectivity index (χ2v) is 9.45. The quantitative estimate of drug-likeness (QED) is 0.409. The monoisotopic (exact) mass is 525 g/mol. The van der Waals surface area contributed by atoms with Crippen LogP contribution in [0.25, 0.3) is 0 Å². The summed E-state index contributed by atoms with van der Waals surface area (Å²) in [6.45, 7) is 0.237. The van der Waals surface area contributed by atoms with Crippen molar-refractivity contribution in [2.24, 2.45) is 0 Å². The van der Waals surface area contributed by atoms with Crippen LogP contribution in [0.15, 0.2) is 47.6 Å². The number of nitrogens with zero attached hydrogens (tertiary/aromatic N) is 3. The summed E-state index contributed by atoms with van der Waals surface area (Å²) in [7, 11) is 0. The van der Waals surface area contributed by atoms with Gasteiger partial charge in [0.25, 0.3) is 5.91 Å². The van der Waals surface area contributed by atoms with E-state index in [-0.39, 0.29) is 29.8 Å². The molecule has 12 heteroatoms. The number of fused-ring (bicyclic) bond motifs is 2. The topological polar surface area (TPSA) is 70.1 Å². The Balaban J connectivity index is 1.38. The first-order chi connectivity index (χ1) is 16.2. The van der Waals surface area contributed by atoms with Gasteiger partial charge in [-0.15, -0.1) is 0 Å². The molecule has 2 N–H and O–H groups in total. The van der Waals surface area contributed by atoms with Crippen LogP contribution >= 0.6 is 35.0 Å². The standard InChI is InChI=1S/C22H16Cl2F3N5OS/c23-15-2-1-3-16(24)17(15)32-10-34-19-14(20(32)33)9-29-21(31-19)30-12-4-5-13-11(8-12)6-7-28-18(13)22(25,26)27/h1-5,8-9,18,28H,6-7,10H2,(H,29,30,31). The fraction of sp³-hybridized carbons (Fsp3) is 0.227. The van der Waals surface area contributed by atoms with Crippen molar-refractivity contribution in [1.82, 2.24) is 15.3 Å². The molecule has 0 fully saturated rings. The molecule has 34 heavy (non-hydrogen) atoms. The second kappa shape index (κ2) is 8.92. The van der Waals surface area contributed by atoms with Gasteiger partial charge in [0.15, 0.2) is 0 Å². The number of aromatic nitrogens is 2. The average molecular weight is 526 g/mol. The summed E-state index contributed by atoms with van der Waals surface area (Å²) in [4.78, 5) is 23.2. The molecule has 2 aliphatic rings. The van der Waals surface area contributed by atoms with E-state index in [0.29, 0.717) is 44.0 Å². The normalized spacial score (nSPS) is 17.9. The Morgan fingerprint density at radius 3 is 2.68 bits per heavy atom. The number of alkyl halides is 3. The summed E-state index contributed by atoms with van der Waals surface area (Å²) in [5, 5.41) is 6.76. The molecule has 1 aromatic heterocycles. The second-order valence-electron chi connectivity index (χ2n) is 7.71. The van der Waals surface area contributed by atoms with Gasteiger partial charge in [0.05, 0.1) is 27.2 Å². The van der Waals surface area contributed by atoms with Crippen LogP contribution in [-0.4, -0.2) is 34.5 Å². The Kier molecular flexibility index (Phi) is 6.09. The molecule has 0 aliphatic carbocycles. The van der Waals surface area contributed by atoms with Crippen LogP contribution in [-0.2, 0) is 6.42 Å². The number of hydrogen-bond acceptors (Lipinski definition) is 6. The molecule has 0 saturated carbocycles. The highest BCUT2D eigenvalue weighted by Gasteiger charge is 2.42. The minimum Gasteiger partial charge on any atom is -0.324 e. The molecule has 0 radical (unpaired) electrons. The highest BCUT2D eigenvalue weighted by atomic mass is 35.5. The van der Waals surface area contributed by atoms with Crippen LogP contribution in [0.4, 0.5) is 30.5 Å². The van der Waals surface area contributed by atoms with E-state index in [4.69, 9.17) is 23.2 Å². The van der Waals surface area contributed by atoms with Crippen molar-refractivity contribution in [1.29, 1.82) is 0 Å². The van der Waals surface area contributed by atoms with Crippen molar-refractivity contribution in [2.75, 3.05) is 22.6 Å². The van der Waals surface area contributed by atoms with Gasteiger partial charge in [-0.1, -0.05) is 47.1 Å². The van der Waals surface area contributed by atoms with Crippen molar-refractivity contribution in [2.45, 2.75) is 23.7 Å². The maximum atomic E-state index is 13.3. The highest BCUT2D eigenvalue weighted by Crippen LogP contribution is 2.40. The number of amides is 1. The van der Waals surface area contributed by atoms with Gasteiger partial charge in [-0.3, -0.25) is 9.69 Å². The van der Waals surface area contributed by atoms with Gasteiger partial charge in [0.1, 0.15) is 11.1 Å². The number of nitrogens with one attached hydrogen (secondary N) is 2. The molecule has 0 saturated heterocycles. The van der Waals surface area contributed by atoms with Crippen LogP contribution in [0.3, 0.4) is 0 Å². The third-order valence-electron chi connectivity index (χ3n) is 5.55. The van der Waals surface area contributed by atoms with Crippen molar-refractivity contribution in [3.8, 4) is 0 Å². The Hall–Kier alpha value is -2.53. The zero-order valence-corrected chi connectivity index (χ0v) is 19.6. The van der Waals surface area contributed by atoms with E-state index in [1.54, 1.807) is 30.3 Å². The van der Waals surface area contributed by atoms with Crippen molar-refractivity contribution < 1.29 is 18.0 Å². The summed E-state index contributed by atoms with van der Waals surface area (Å²) < 4.78 is 39.9.